The number of H-pyrrole nitrogens is 1. The van der Waals surface area contributed by atoms with E-state index in [0.717, 1.165) is 35.5 Å². The molecule has 150 valence electrons. The summed E-state index contributed by atoms with van der Waals surface area (Å²) in [5.41, 5.74) is 4.79. The van der Waals surface area contributed by atoms with Crippen LogP contribution in [0.25, 0.3) is 11.3 Å². The highest BCUT2D eigenvalue weighted by Crippen LogP contribution is 2.22. The lowest BCUT2D eigenvalue weighted by Crippen LogP contribution is -2.16. The van der Waals surface area contributed by atoms with Crippen LogP contribution in [0.15, 0.2) is 65.5 Å². The number of nitrogens with one attached hydrogen (secondary N) is 3. The summed E-state index contributed by atoms with van der Waals surface area (Å²) < 4.78 is 0. The van der Waals surface area contributed by atoms with Crippen molar-refractivity contribution >= 4 is 17.3 Å². The molecule has 6 heteroatoms. The normalized spacial score (nSPS) is 10.5. The molecule has 0 aliphatic heterocycles. The van der Waals surface area contributed by atoms with Gasteiger partial charge in [0.25, 0.3) is 5.56 Å². The second kappa shape index (κ2) is 9.59. The highest BCUT2D eigenvalue weighted by atomic mass is 16.4. The van der Waals surface area contributed by atoms with E-state index in [-0.39, 0.29) is 12.1 Å². The van der Waals surface area contributed by atoms with Gasteiger partial charge in [-0.25, -0.2) is 0 Å². The number of carbonyl (C=O) groups is 1. The van der Waals surface area contributed by atoms with Crippen LogP contribution in [0.4, 0.5) is 11.4 Å². The van der Waals surface area contributed by atoms with Gasteiger partial charge in [0.05, 0.1) is 0 Å². The van der Waals surface area contributed by atoms with Gasteiger partial charge in [0.1, 0.15) is 6.54 Å². The van der Waals surface area contributed by atoms with Crippen LogP contribution in [0.1, 0.15) is 24.5 Å². The molecule has 0 bridgehead atoms. The Morgan fingerprint density at radius 3 is 2.59 bits per heavy atom. The Morgan fingerprint density at radius 1 is 1.00 bits per heavy atom. The van der Waals surface area contributed by atoms with Crippen LogP contribution >= 0.6 is 0 Å². The summed E-state index contributed by atoms with van der Waals surface area (Å²) >= 11 is 0. The minimum Gasteiger partial charge on any atom is -0.480 e. The lowest BCUT2D eigenvalue weighted by Gasteiger charge is -2.11. The molecule has 1 heterocycles. The fourth-order valence-electron chi connectivity index (χ4n) is 3.10. The van der Waals surface area contributed by atoms with Crippen molar-refractivity contribution in [3.8, 4) is 11.3 Å². The second-order valence-corrected chi connectivity index (χ2v) is 6.82. The van der Waals surface area contributed by atoms with Gasteiger partial charge in [0, 0.05) is 41.2 Å². The molecule has 0 spiro atoms. The van der Waals surface area contributed by atoms with Crippen molar-refractivity contribution in [2.45, 2.75) is 19.8 Å². The van der Waals surface area contributed by atoms with E-state index in [0.29, 0.717) is 17.7 Å². The third-order valence-corrected chi connectivity index (χ3v) is 4.57. The zero-order valence-corrected chi connectivity index (χ0v) is 16.4. The molecule has 0 atom stereocenters. The number of rotatable bonds is 9. The van der Waals surface area contributed by atoms with Crippen LogP contribution in [0.2, 0.25) is 0 Å². The van der Waals surface area contributed by atoms with Gasteiger partial charge in [-0.15, -0.1) is 0 Å². The maximum Gasteiger partial charge on any atom is 0.322 e. The number of aromatic nitrogens is 1. The van der Waals surface area contributed by atoms with E-state index in [1.165, 1.54) is 0 Å². The second-order valence-electron chi connectivity index (χ2n) is 6.82. The van der Waals surface area contributed by atoms with Crippen LogP contribution in [0.5, 0.6) is 0 Å². The number of carboxylic acid groups (broad SMARTS) is 1. The summed E-state index contributed by atoms with van der Waals surface area (Å²) in [6.45, 7) is 2.84. The van der Waals surface area contributed by atoms with Gasteiger partial charge in [0.2, 0.25) is 0 Å². The first-order valence-electron chi connectivity index (χ1n) is 9.67. The van der Waals surface area contributed by atoms with Crippen LogP contribution in [0.3, 0.4) is 0 Å². The van der Waals surface area contributed by atoms with Crippen LogP contribution in [0, 0.1) is 0 Å². The molecule has 3 aromatic rings. The quantitative estimate of drug-likeness (QED) is 0.443. The highest BCUT2D eigenvalue weighted by Gasteiger charge is 2.09. The molecule has 0 saturated heterocycles. The Hall–Kier alpha value is -3.54. The molecule has 29 heavy (non-hydrogen) atoms. The molecule has 0 fully saturated rings. The molecular weight excluding hydrogens is 366 g/mol. The van der Waals surface area contributed by atoms with Crippen molar-refractivity contribution in [2.75, 3.05) is 23.7 Å². The van der Waals surface area contributed by atoms with Crippen molar-refractivity contribution in [1.82, 2.24) is 4.98 Å². The number of pyridine rings is 1. The van der Waals surface area contributed by atoms with Crippen molar-refractivity contribution in [1.29, 1.82) is 0 Å². The van der Waals surface area contributed by atoms with E-state index in [2.05, 4.69) is 22.5 Å². The molecule has 0 aliphatic rings. The van der Waals surface area contributed by atoms with Crippen molar-refractivity contribution in [3.05, 3.63) is 82.1 Å². The molecule has 4 N–H and O–H groups in total. The van der Waals surface area contributed by atoms with Gasteiger partial charge in [-0.1, -0.05) is 43.3 Å². The lowest BCUT2D eigenvalue weighted by atomic mass is 10.0. The lowest BCUT2D eigenvalue weighted by molar-refractivity contribution is -0.134. The Kier molecular flexibility index (Phi) is 6.68. The zero-order chi connectivity index (χ0) is 20.6. The summed E-state index contributed by atoms with van der Waals surface area (Å²) in [5.74, 6) is -0.933. The monoisotopic (exact) mass is 391 g/mol. The van der Waals surface area contributed by atoms with E-state index < -0.39 is 5.97 Å². The topological polar surface area (TPSA) is 94.2 Å². The summed E-state index contributed by atoms with van der Waals surface area (Å²) in [6.07, 6.45) is 1.45. The molecule has 0 radical (unpaired) electrons. The van der Waals surface area contributed by atoms with Gasteiger partial charge < -0.3 is 20.7 Å². The van der Waals surface area contributed by atoms with E-state index >= 15 is 0 Å². The number of aliphatic carboxylic acids is 1. The van der Waals surface area contributed by atoms with Gasteiger partial charge in [-0.2, -0.15) is 0 Å². The summed E-state index contributed by atoms with van der Waals surface area (Å²) in [5, 5.41) is 15.1. The first-order valence-corrected chi connectivity index (χ1v) is 9.67. The molecule has 0 saturated carbocycles. The SMILES string of the molecule is CCCNc1cccc(-c2ccc(Cc3ccccc3NCC(=O)O)c(=O)[nH]2)c1. The van der Waals surface area contributed by atoms with E-state index in [4.69, 9.17) is 5.11 Å². The number of benzene rings is 2. The third kappa shape index (κ3) is 5.48. The van der Waals surface area contributed by atoms with E-state index in [9.17, 15) is 9.59 Å². The molecule has 1 aromatic heterocycles. The maximum absolute atomic E-state index is 12.7. The molecular formula is C23H25N3O3. The number of aromatic amines is 1. The number of carboxylic acids is 1. The Balaban J connectivity index is 1.81. The predicted molar refractivity (Wildman–Crippen MR) is 117 cm³/mol. The van der Waals surface area contributed by atoms with E-state index in [1.807, 2.05) is 60.7 Å². The summed E-state index contributed by atoms with van der Waals surface area (Å²) in [6, 6.07) is 19.1. The first kappa shape index (κ1) is 20.2. The first-order chi connectivity index (χ1) is 14.1. The minimum atomic E-state index is -0.933. The standard InChI is InChI=1S/C23H25N3O3/c1-2-12-24-19-8-5-7-17(14-19)21-11-10-18(23(29)26-21)13-16-6-3-4-9-20(16)25-15-22(27)28/h3-11,14,24-25H,2,12-13,15H2,1H3,(H,26,29)(H,27,28). The van der Waals surface area contributed by atoms with Crippen LogP contribution < -0.4 is 16.2 Å². The fraction of sp³-hybridized carbons (Fsp3) is 0.217. The van der Waals surface area contributed by atoms with Crippen LogP contribution in [-0.4, -0.2) is 29.1 Å². The van der Waals surface area contributed by atoms with Crippen molar-refractivity contribution in [2.24, 2.45) is 0 Å². The summed E-state index contributed by atoms with van der Waals surface area (Å²) in [4.78, 5) is 26.5. The molecule has 0 aliphatic carbocycles. The van der Waals surface area contributed by atoms with E-state index in [1.54, 1.807) is 0 Å². The number of hydrogen-bond donors (Lipinski definition) is 4. The molecule has 6 nitrogen and oxygen atoms in total. The maximum atomic E-state index is 12.7. The molecule has 2 aromatic carbocycles. The molecule has 3 rings (SSSR count). The fourth-order valence-corrected chi connectivity index (χ4v) is 3.10. The molecule has 0 amide bonds. The number of anilines is 2. The molecule has 0 unspecified atom stereocenters. The van der Waals surface area contributed by atoms with Crippen molar-refractivity contribution in [3.63, 3.8) is 0 Å². The van der Waals surface area contributed by atoms with Gasteiger partial charge in [-0.3, -0.25) is 9.59 Å². The highest BCUT2D eigenvalue weighted by molar-refractivity contribution is 5.73. The summed E-state index contributed by atoms with van der Waals surface area (Å²) in [7, 11) is 0. The van der Waals surface area contributed by atoms with Crippen LogP contribution in [-0.2, 0) is 11.2 Å². The Labute approximate surface area is 169 Å². The van der Waals surface area contributed by atoms with Gasteiger partial charge in [-0.05, 0) is 36.2 Å². The van der Waals surface area contributed by atoms with Gasteiger partial charge >= 0.3 is 5.97 Å². The third-order valence-electron chi connectivity index (χ3n) is 4.57. The average Bonchev–Trinajstić information content (AvgIpc) is 2.73. The van der Waals surface area contributed by atoms with Crippen molar-refractivity contribution < 1.29 is 9.90 Å². The number of hydrogen-bond acceptors (Lipinski definition) is 4. The Morgan fingerprint density at radius 2 is 1.83 bits per heavy atom. The van der Waals surface area contributed by atoms with Gasteiger partial charge in [0.15, 0.2) is 0 Å². The average molecular weight is 391 g/mol. The smallest absolute Gasteiger partial charge is 0.322 e. The minimum absolute atomic E-state index is 0.151. The predicted octanol–water partition coefficient (Wildman–Crippen LogP) is 3.95. The number of para-hydroxylation sites is 1. The zero-order valence-electron chi connectivity index (χ0n) is 16.4. The Bertz CT molecular complexity index is 1040. The largest absolute Gasteiger partial charge is 0.480 e.